The van der Waals surface area contributed by atoms with Gasteiger partial charge < -0.3 is 14.4 Å². The predicted octanol–water partition coefficient (Wildman–Crippen LogP) is 11.1. The van der Waals surface area contributed by atoms with Gasteiger partial charge in [-0.15, -0.1) is 53.6 Å². The molecule has 0 saturated carbocycles. The minimum absolute atomic E-state index is 0. The summed E-state index contributed by atoms with van der Waals surface area (Å²) in [6.45, 7) is 15.9. The molecule has 7 aromatic rings. The summed E-state index contributed by atoms with van der Waals surface area (Å²) in [7, 11) is -1.23. The van der Waals surface area contributed by atoms with Gasteiger partial charge in [-0.05, 0) is 69.5 Å². The summed E-state index contributed by atoms with van der Waals surface area (Å²) in [5.74, 6) is 0. The average molecular weight is 823 g/mol. The molecule has 0 fully saturated rings. The quantitative estimate of drug-likeness (QED) is 0.128. The minimum atomic E-state index is -1.23. The third kappa shape index (κ3) is 8.10. The molecular formula is C43H42IrN2OSi-2. The van der Waals surface area contributed by atoms with Crippen LogP contribution in [0.5, 0.6) is 0 Å². The molecule has 0 N–H and O–H groups in total. The van der Waals surface area contributed by atoms with Gasteiger partial charge in [-0.3, -0.25) is 0 Å². The fourth-order valence-corrected chi connectivity index (χ4v) is 6.98. The largest absolute Gasteiger partial charge is 0.477 e. The first-order valence-corrected chi connectivity index (χ1v) is 19.8. The third-order valence-electron chi connectivity index (χ3n) is 8.35. The number of hydrogen-bond acceptors (Lipinski definition) is 3. The Bertz CT molecular complexity index is 2130. The van der Waals surface area contributed by atoms with Gasteiger partial charge in [0.15, 0.2) is 0 Å². The van der Waals surface area contributed by atoms with Crippen LogP contribution in [0.1, 0.15) is 31.9 Å². The van der Waals surface area contributed by atoms with E-state index in [9.17, 15) is 0 Å². The SMILES string of the molecule is C[Si](C)(C)c1ccc(-c2[c-]cccc2)nc1.Cc1c(-c2ccccc2)ccc2oc3[c-]c(-c4cc(CC(C)(C)C)ccn4)ccc3c12.[Ir]. The van der Waals surface area contributed by atoms with E-state index in [4.69, 9.17) is 4.42 Å². The van der Waals surface area contributed by atoms with E-state index < -0.39 is 8.07 Å². The van der Waals surface area contributed by atoms with Gasteiger partial charge in [-0.2, -0.15) is 0 Å². The number of benzene rings is 4. The zero-order chi connectivity index (χ0) is 33.2. The summed E-state index contributed by atoms with van der Waals surface area (Å²) >= 11 is 0. The number of nitrogens with zero attached hydrogens (tertiary/aromatic N) is 2. The number of furan rings is 1. The van der Waals surface area contributed by atoms with Gasteiger partial charge in [0.05, 0.1) is 13.7 Å². The van der Waals surface area contributed by atoms with Crippen LogP contribution in [-0.2, 0) is 26.5 Å². The summed E-state index contributed by atoms with van der Waals surface area (Å²) < 4.78 is 6.21. The number of aromatic nitrogens is 2. The number of hydrogen-bond donors (Lipinski definition) is 0. The summed E-state index contributed by atoms with van der Waals surface area (Å²) in [5.41, 5.74) is 10.8. The molecule has 3 nitrogen and oxygen atoms in total. The average Bonchev–Trinajstić information content (AvgIpc) is 3.44. The topological polar surface area (TPSA) is 38.9 Å². The monoisotopic (exact) mass is 823 g/mol. The van der Waals surface area contributed by atoms with Crippen LogP contribution in [0.4, 0.5) is 0 Å². The Labute approximate surface area is 299 Å². The second kappa shape index (κ2) is 14.5. The van der Waals surface area contributed by atoms with E-state index in [1.807, 2.05) is 42.7 Å². The van der Waals surface area contributed by atoms with Crippen molar-refractivity contribution in [2.75, 3.05) is 0 Å². The molecule has 245 valence electrons. The van der Waals surface area contributed by atoms with Crippen LogP contribution in [0.15, 0.2) is 120 Å². The molecule has 0 amide bonds. The van der Waals surface area contributed by atoms with Crippen molar-refractivity contribution in [3.8, 4) is 33.6 Å². The van der Waals surface area contributed by atoms with Crippen molar-refractivity contribution < 1.29 is 24.5 Å². The van der Waals surface area contributed by atoms with E-state index in [0.717, 1.165) is 50.9 Å². The molecule has 0 saturated heterocycles. The smallest absolute Gasteiger partial charge is 0.124 e. The van der Waals surface area contributed by atoms with E-state index in [1.165, 1.54) is 27.4 Å². The Kier molecular flexibility index (Phi) is 10.6. The maximum Gasteiger partial charge on any atom is 0.124 e. The Morgan fingerprint density at radius 2 is 1.54 bits per heavy atom. The van der Waals surface area contributed by atoms with Crippen LogP contribution in [0.25, 0.3) is 55.6 Å². The molecule has 0 bridgehead atoms. The number of pyridine rings is 2. The zero-order valence-electron chi connectivity index (χ0n) is 28.8. The van der Waals surface area contributed by atoms with Gasteiger partial charge in [-0.1, -0.05) is 112 Å². The molecule has 1 radical (unpaired) electrons. The second-order valence-corrected chi connectivity index (χ2v) is 19.5. The molecule has 48 heavy (non-hydrogen) atoms. The summed E-state index contributed by atoms with van der Waals surface area (Å²) in [6, 6.07) is 42.2. The summed E-state index contributed by atoms with van der Waals surface area (Å²) in [4.78, 5) is 9.12. The van der Waals surface area contributed by atoms with Crippen molar-refractivity contribution in [1.82, 2.24) is 9.97 Å². The van der Waals surface area contributed by atoms with Gasteiger partial charge in [0.1, 0.15) is 5.58 Å². The normalized spacial score (nSPS) is 11.6. The maximum absolute atomic E-state index is 6.21. The molecule has 0 unspecified atom stereocenters. The Balaban J connectivity index is 0.000000224. The van der Waals surface area contributed by atoms with E-state index in [-0.39, 0.29) is 25.5 Å². The van der Waals surface area contributed by atoms with E-state index in [2.05, 4.69) is 142 Å². The van der Waals surface area contributed by atoms with Crippen molar-refractivity contribution in [1.29, 1.82) is 0 Å². The van der Waals surface area contributed by atoms with Gasteiger partial charge in [0, 0.05) is 32.5 Å². The Morgan fingerprint density at radius 1 is 0.771 bits per heavy atom. The van der Waals surface area contributed by atoms with Crippen molar-refractivity contribution in [3.05, 3.63) is 139 Å². The number of aryl methyl sites for hydroxylation is 1. The molecule has 0 aliphatic heterocycles. The molecule has 4 aromatic carbocycles. The summed E-state index contributed by atoms with van der Waals surface area (Å²) in [6.07, 6.45) is 4.92. The van der Waals surface area contributed by atoms with Crippen LogP contribution in [0.2, 0.25) is 19.6 Å². The fourth-order valence-electron chi connectivity index (χ4n) is 5.94. The van der Waals surface area contributed by atoms with Crippen molar-refractivity contribution in [3.63, 3.8) is 0 Å². The molecule has 5 heteroatoms. The summed E-state index contributed by atoms with van der Waals surface area (Å²) in [5, 5.41) is 3.65. The van der Waals surface area contributed by atoms with Crippen LogP contribution in [0.3, 0.4) is 0 Å². The van der Waals surface area contributed by atoms with E-state index >= 15 is 0 Å². The maximum atomic E-state index is 6.21. The first-order chi connectivity index (χ1) is 22.5. The van der Waals surface area contributed by atoms with Crippen LogP contribution >= 0.6 is 0 Å². The number of fused-ring (bicyclic) bond motifs is 3. The van der Waals surface area contributed by atoms with Crippen molar-refractivity contribution >= 4 is 35.2 Å². The van der Waals surface area contributed by atoms with Crippen molar-refractivity contribution in [2.45, 2.75) is 53.8 Å². The van der Waals surface area contributed by atoms with E-state index in [1.54, 1.807) is 0 Å². The van der Waals surface area contributed by atoms with Gasteiger partial charge in [0.2, 0.25) is 0 Å². The molecule has 0 atom stereocenters. The molecular weight excluding hydrogens is 781 g/mol. The Morgan fingerprint density at radius 3 is 2.21 bits per heavy atom. The van der Waals surface area contributed by atoms with Gasteiger partial charge in [0.25, 0.3) is 0 Å². The second-order valence-electron chi connectivity index (χ2n) is 14.4. The zero-order valence-corrected chi connectivity index (χ0v) is 32.2. The van der Waals surface area contributed by atoms with Gasteiger partial charge in [-0.25, -0.2) is 0 Å². The Hall–Kier alpha value is -4.15. The minimum Gasteiger partial charge on any atom is -0.477 e. The number of rotatable bonds is 5. The van der Waals surface area contributed by atoms with Gasteiger partial charge >= 0.3 is 0 Å². The van der Waals surface area contributed by atoms with Crippen LogP contribution < -0.4 is 5.19 Å². The molecule has 3 heterocycles. The molecule has 0 spiro atoms. The predicted molar refractivity (Wildman–Crippen MR) is 201 cm³/mol. The molecule has 3 aromatic heterocycles. The van der Waals surface area contributed by atoms with Crippen LogP contribution in [-0.4, -0.2) is 18.0 Å². The third-order valence-corrected chi connectivity index (χ3v) is 10.4. The molecule has 0 aliphatic carbocycles. The molecule has 7 rings (SSSR count). The first-order valence-electron chi connectivity index (χ1n) is 16.3. The van der Waals surface area contributed by atoms with Crippen LogP contribution in [0, 0.1) is 24.5 Å². The standard InChI is InChI=1S/C29H26NO.C14H16NSi.Ir/c1-19-23(21-8-6-5-7-9-21)12-13-26-28(19)24-11-10-22(17-27(24)31-26)25-16-20(14-15-30-25)18-29(2,3)4;1-16(2,3)13-9-10-14(15-11-13)12-7-5-4-6-8-12;/h5-16H,18H2,1-4H3;4-7,9-11H,1-3H3;/q2*-1;. The first kappa shape index (κ1) is 35.2. The fraction of sp³-hybridized carbons (Fsp3) is 0.209. The van der Waals surface area contributed by atoms with Crippen molar-refractivity contribution in [2.24, 2.45) is 5.41 Å². The van der Waals surface area contributed by atoms with E-state index in [0.29, 0.717) is 0 Å². The molecule has 0 aliphatic rings.